The molecule has 0 bridgehead atoms. The lowest BCUT2D eigenvalue weighted by molar-refractivity contribution is -0.118. The minimum absolute atomic E-state index is 0.112. The van der Waals surface area contributed by atoms with Gasteiger partial charge in [-0.1, -0.05) is 90.0 Å². The maximum absolute atomic E-state index is 13.2. The Balaban J connectivity index is 1.54. The van der Waals surface area contributed by atoms with Gasteiger partial charge in [-0.3, -0.25) is 10.1 Å². The van der Waals surface area contributed by atoms with Gasteiger partial charge in [0.2, 0.25) is 21.1 Å². The Kier molecular flexibility index (Phi) is 7.42. The largest absolute Gasteiger partial charge is 0.299 e. The molecular weight excluding hydrogens is 536 g/mol. The zero-order chi connectivity index (χ0) is 24.3. The Hall–Kier alpha value is -2.66. The van der Waals surface area contributed by atoms with Crippen molar-refractivity contribution >= 4 is 59.1 Å². The van der Waals surface area contributed by atoms with E-state index in [2.05, 4.69) is 36.2 Å². The van der Waals surface area contributed by atoms with Gasteiger partial charge in [0.25, 0.3) is 0 Å². The third-order valence-corrected chi connectivity index (χ3v) is 8.41. The lowest BCUT2D eigenvalue weighted by Gasteiger charge is -2.23. The highest BCUT2D eigenvalue weighted by molar-refractivity contribution is 9.10. The van der Waals surface area contributed by atoms with Crippen molar-refractivity contribution in [2.75, 3.05) is 5.32 Å². The normalized spacial score (nSPS) is 13.5. The molecule has 0 saturated carbocycles. The molecule has 1 amide bonds. The maximum Gasteiger partial charge on any atom is 0.244 e. The fraction of sp³-hybridized carbons (Fsp3) is 0.208. The standard InChI is InChI=1S/C24H23BrN4O3S2/c1-3-15(2)21(29-34(31,32)20-13-10-16-6-4-5-7-18(16)14-20)22(30)26-24-28-27-23(33-24)17-8-11-19(25)12-9-17/h4-15,21,29H,3H2,1-2H3,(H,26,28,30)/t15-,21+/m0/s1. The topological polar surface area (TPSA) is 101 Å². The van der Waals surface area contributed by atoms with Crippen molar-refractivity contribution in [1.29, 1.82) is 0 Å². The number of carbonyl (C=O) groups excluding carboxylic acids is 1. The lowest BCUT2D eigenvalue weighted by Crippen LogP contribution is -2.47. The van der Waals surface area contributed by atoms with Crippen LogP contribution in [0.3, 0.4) is 0 Å². The van der Waals surface area contributed by atoms with Crippen molar-refractivity contribution < 1.29 is 13.2 Å². The molecule has 10 heteroatoms. The van der Waals surface area contributed by atoms with Crippen molar-refractivity contribution in [3.05, 3.63) is 71.2 Å². The number of aromatic nitrogens is 2. The first-order chi connectivity index (χ1) is 16.3. The number of nitrogens with one attached hydrogen (secondary N) is 2. The van der Waals surface area contributed by atoms with Crippen LogP contribution >= 0.6 is 27.3 Å². The van der Waals surface area contributed by atoms with Crippen LogP contribution in [0.25, 0.3) is 21.3 Å². The SMILES string of the molecule is CC[C@H](C)[C@@H](NS(=O)(=O)c1ccc2ccccc2c1)C(=O)Nc1nnc(-c2ccc(Br)cc2)s1. The van der Waals surface area contributed by atoms with Gasteiger partial charge in [0.15, 0.2) is 0 Å². The smallest absolute Gasteiger partial charge is 0.244 e. The number of rotatable bonds is 8. The predicted molar refractivity (Wildman–Crippen MR) is 139 cm³/mol. The third kappa shape index (κ3) is 5.52. The van der Waals surface area contributed by atoms with Crippen LogP contribution in [0.15, 0.2) is 76.1 Å². The van der Waals surface area contributed by atoms with Crippen LogP contribution in [-0.4, -0.2) is 30.6 Å². The van der Waals surface area contributed by atoms with E-state index in [9.17, 15) is 13.2 Å². The van der Waals surface area contributed by atoms with Gasteiger partial charge in [-0.05, 0) is 41.0 Å². The molecule has 0 unspecified atom stereocenters. The first-order valence-electron chi connectivity index (χ1n) is 10.7. The number of nitrogens with zero attached hydrogens (tertiary/aromatic N) is 2. The van der Waals surface area contributed by atoms with E-state index in [4.69, 9.17) is 0 Å². The monoisotopic (exact) mass is 558 g/mol. The van der Waals surface area contributed by atoms with Crippen molar-refractivity contribution in [3.8, 4) is 10.6 Å². The number of carbonyl (C=O) groups is 1. The van der Waals surface area contributed by atoms with Crippen molar-refractivity contribution in [2.45, 2.75) is 31.2 Å². The molecule has 2 N–H and O–H groups in total. The minimum atomic E-state index is -3.93. The van der Waals surface area contributed by atoms with Crippen LogP contribution < -0.4 is 10.0 Å². The van der Waals surface area contributed by atoms with E-state index in [-0.39, 0.29) is 10.8 Å². The summed E-state index contributed by atoms with van der Waals surface area (Å²) in [7, 11) is -3.93. The summed E-state index contributed by atoms with van der Waals surface area (Å²) < 4.78 is 29.9. The molecule has 0 aliphatic rings. The molecule has 0 saturated heterocycles. The average molecular weight is 560 g/mol. The molecule has 176 valence electrons. The molecule has 2 atom stereocenters. The molecule has 4 aromatic rings. The second kappa shape index (κ2) is 10.3. The van der Waals surface area contributed by atoms with E-state index >= 15 is 0 Å². The Bertz CT molecular complexity index is 1420. The van der Waals surface area contributed by atoms with E-state index in [0.717, 1.165) is 20.8 Å². The van der Waals surface area contributed by atoms with Gasteiger partial charge in [-0.2, -0.15) is 4.72 Å². The van der Waals surface area contributed by atoms with Crippen molar-refractivity contribution in [1.82, 2.24) is 14.9 Å². The Morgan fingerprint density at radius 1 is 1.03 bits per heavy atom. The zero-order valence-corrected chi connectivity index (χ0v) is 21.7. The molecule has 0 radical (unpaired) electrons. The molecular formula is C24H23BrN4O3S2. The van der Waals surface area contributed by atoms with Crippen LogP contribution in [0, 0.1) is 5.92 Å². The van der Waals surface area contributed by atoms with E-state index < -0.39 is 22.0 Å². The Morgan fingerprint density at radius 2 is 1.74 bits per heavy atom. The molecule has 7 nitrogen and oxygen atoms in total. The fourth-order valence-corrected chi connectivity index (χ4v) is 5.75. The van der Waals surface area contributed by atoms with Crippen molar-refractivity contribution in [3.63, 3.8) is 0 Å². The van der Waals surface area contributed by atoms with E-state index in [1.165, 1.54) is 11.3 Å². The van der Waals surface area contributed by atoms with E-state index in [1.807, 2.05) is 62.4 Å². The summed E-state index contributed by atoms with van der Waals surface area (Å²) in [4.78, 5) is 13.2. The molecule has 4 rings (SSSR count). The van der Waals surface area contributed by atoms with Gasteiger partial charge in [0.1, 0.15) is 11.0 Å². The number of anilines is 1. The predicted octanol–water partition coefficient (Wildman–Crippen LogP) is 5.45. The molecule has 0 spiro atoms. The van der Waals surface area contributed by atoms with Gasteiger partial charge >= 0.3 is 0 Å². The summed E-state index contributed by atoms with van der Waals surface area (Å²) in [5, 5.41) is 13.6. The zero-order valence-electron chi connectivity index (χ0n) is 18.5. The Labute approximate surface area is 210 Å². The van der Waals surface area contributed by atoms with Crippen LogP contribution in [-0.2, 0) is 14.8 Å². The number of hydrogen-bond acceptors (Lipinski definition) is 6. The first-order valence-corrected chi connectivity index (χ1v) is 13.8. The average Bonchev–Trinajstić information content (AvgIpc) is 3.30. The molecule has 3 aromatic carbocycles. The van der Waals surface area contributed by atoms with Crippen molar-refractivity contribution in [2.24, 2.45) is 5.92 Å². The van der Waals surface area contributed by atoms with E-state index in [1.54, 1.807) is 18.2 Å². The van der Waals surface area contributed by atoms with Crippen LogP contribution in [0.4, 0.5) is 5.13 Å². The number of sulfonamides is 1. The van der Waals surface area contributed by atoms with Gasteiger partial charge in [0.05, 0.1) is 4.90 Å². The van der Waals surface area contributed by atoms with E-state index in [0.29, 0.717) is 16.6 Å². The molecule has 0 aliphatic carbocycles. The third-order valence-electron chi connectivity index (χ3n) is 5.56. The van der Waals surface area contributed by atoms with Gasteiger partial charge < -0.3 is 0 Å². The van der Waals surface area contributed by atoms with Gasteiger partial charge in [-0.15, -0.1) is 10.2 Å². The second-order valence-electron chi connectivity index (χ2n) is 7.90. The summed E-state index contributed by atoms with van der Waals surface area (Å²) in [6.07, 6.45) is 0.610. The minimum Gasteiger partial charge on any atom is -0.299 e. The maximum atomic E-state index is 13.2. The highest BCUT2D eigenvalue weighted by atomic mass is 79.9. The van der Waals surface area contributed by atoms with Crippen LogP contribution in [0.1, 0.15) is 20.3 Å². The molecule has 1 aromatic heterocycles. The number of halogens is 1. The summed E-state index contributed by atoms with van der Waals surface area (Å²) in [6.45, 7) is 3.74. The number of hydrogen-bond donors (Lipinski definition) is 2. The van der Waals surface area contributed by atoms with Gasteiger partial charge in [-0.25, -0.2) is 8.42 Å². The summed E-state index contributed by atoms with van der Waals surface area (Å²) in [6, 6.07) is 19.1. The first kappa shape index (κ1) is 24.5. The Morgan fingerprint density at radius 3 is 2.44 bits per heavy atom. The summed E-state index contributed by atoms with van der Waals surface area (Å²) in [5.74, 6) is -0.716. The molecule has 1 heterocycles. The van der Waals surface area contributed by atoms with Gasteiger partial charge in [0, 0.05) is 10.0 Å². The molecule has 34 heavy (non-hydrogen) atoms. The molecule has 0 aliphatic heterocycles. The molecule has 0 fully saturated rings. The fourth-order valence-electron chi connectivity index (χ4n) is 3.40. The number of fused-ring (bicyclic) bond motifs is 1. The quantitative estimate of drug-likeness (QED) is 0.299. The second-order valence-corrected chi connectivity index (χ2v) is 11.5. The summed E-state index contributed by atoms with van der Waals surface area (Å²) >= 11 is 4.62. The van der Waals surface area contributed by atoms with Crippen LogP contribution in [0.2, 0.25) is 0 Å². The number of benzene rings is 3. The number of amides is 1. The van der Waals surface area contributed by atoms with Crippen LogP contribution in [0.5, 0.6) is 0 Å². The highest BCUT2D eigenvalue weighted by Crippen LogP contribution is 2.28. The highest BCUT2D eigenvalue weighted by Gasteiger charge is 2.30. The lowest BCUT2D eigenvalue weighted by atomic mass is 9.99. The summed E-state index contributed by atoms with van der Waals surface area (Å²) in [5.41, 5.74) is 0.872.